The summed E-state index contributed by atoms with van der Waals surface area (Å²) in [6, 6.07) is 13.8. The minimum Gasteiger partial charge on any atom is -0.490 e. The topological polar surface area (TPSA) is 178 Å². The summed E-state index contributed by atoms with van der Waals surface area (Å²) in [5, 5.41) is 19.5. The van der Waals surface area contributed by atoms with E-state index in [9.17, 15) is 24.8 Å². The number of hydrogen-bond acceptors (Lipinski definition) is 13. The Balaban J connectivity index is 1.49. The van der Waals surface area contributed by atoms with Gasteiger partial charge in [-0.15, -0.1) is 10.1 Å². The van der Waals surface area contributed by atoms with Gasteiger partial charge in [-0.05, 0) is 48.1 Å². The van der Waals surface area contributed by atoms with E-state index in [1.54, 1.807) is 14.2 Å². The van der Waals surface area contributed by atoms with Gasteiger partial charge in [-0.1, -0.05) is 30.3 Å². The standard InChI is InChI=1S/C35H49N3O13/c1-44-14-5-12-36-13-17-47-31-11-8-27(20-30(31)36)24-49-32-22-37(34(39)40)21-29(25-50-35(41)48-15-3-4-16-51-38(42)43)33(32)28-9-6-26(7-10-28)23-46-19-18-45-2/h6-11,20,29,32-33H,3-5,12-19,21-25H2,1-2H3,(H,39,40)/t29-,32-,33-/m0/s1. The van der Waals surface area contributed by atoms with Crippen LogP contribution >= 0.6 is 0 Å². The number of piperidine rings is 1. The maximum absolute atomic E-state index is 12.5. The number of anilines is 1. The molecule has 16 nitrogen and oxygen atoms in total. The monoisotopic (exact) mass is 719 g/mol. The van der Waals surface area contributed by atoms with Crippen LogP contribution < -0.4 is 9.64 Å². The molecule has 2 aliphatic rings. The lowest BCUT2D eigenvalue weighted by molar-refractivity contribution is -0.757. The van der Waals surface area contributed by atoms with E-state index in [1.807, 2.05) is 42.5 Å². The Hall–Kier alpha value is -4.38. The first kappa shape index (κ1) is 39.4. The van der Waals surface area contributed by atoms with Gasteiger partial charge in [0.1, 0.15) is 19.0 Å². The molecule has 16 heteroatoms. The molecule has 1 saturated heterocycles. The molecule has 0 aliphatic carbocycles. The maximum Gasteiger partial charge on any atom is 0.508 e. The fourth-order valence-electron chi connectivity index (χ4n) is 6.19. The Labute approximate surface area is 297 Å². The number of carbonyl (C=O) groups excluding carboxylic acids is 1. The number of likely N-dealkylation sites (tertiary alicyclic amines) is 1. The molecule has 2 aliphatic heterocycles. The van der Waals surface area contributed by atoms with E-state index in [4.69, 9.17) is 33.2 Å². The van der Waals surface area contributed by atoms with Crippen molar-refractivity contribution in [2.75, 3.05) is 91.5 Å². The van der Waals surface area contributed by atoms with E-state index in [0.717, 1.165) is 47.6 Å². The Morgan fingerprint density at radius 2 is 1.69 bits per heavy atom. The van der Waals surface area contributed by atoms with Crippen LogP contribution in [0.5, 0.6) is 5.75 Å². The van der Waals surface area contributed by atoms with Crippen LogP contribution in [0, 0.1) is 16.0 Å². The summed E-state index contributed by atoms with van der Waals surface area (Å²) in [5.74, 6) is 0.0100. The quantitative estimate of drug-likeness (QED) is 0.0825. The lowest BCUT2D eigenvalue weighted by Gasteiger charge is -2.42. The van der Waals surface area contributed by atoms with Gasteiger partial charge in [0.15, 0.2) is 0 Å². The number of unbranched alkanes of at least 4 members (excludes halogenated alkanes) is 1. The van der Waals surface area contributed by atoms with Gasteiger partial charge in [0, 0.05) is 45.8 Å². The van der Waals surface area contributed by atoms with Crippen molar-refractivity contribution in [1.29, 1.82) is 0 Å². The van der Waals surface area contributed by atoms with Gasteiger partial charge in [-0.3, -0.25) is 0 Å². The summed E-state index contributed by atoms with van der Waals surface area (Å²) in [6.07, 6.45) is -1.05. The number of benzene rings is 2. The number of carbonyl (C=O) groups is 2. The third-order valence-electron chi connectivity index (χ3n) is 8.69. The number of rotatable bonds is 21. The molecule has 0 bridgehead atoms. The molecule has 0 spiro atoms. The number of nitrogens with zero attached hydrogens (tertiary/aromatic N) is 3. The second kappa shape index (κ2) is 21.1. The Bertz CT molecular complexity index is 1380. The molecule has 2 aromatic carbocycles. The maximum atomic E-state index is 12.5. The highest BCUT2D eigenvalue weighted by Crippen LogP contribution is 2.37. The molecule has 4 rings (SSSR count). The number of ether oxygens (including phenoxy) is 7. The predicted molar refractivity (Wildman–Crippen MR) is 183 cm³/mol. The van der Waals surface area contributed by atoms with E-state index in [-0.39, 0.29) is 45.4 Å². The normalized spacial score (nSPS) is 18.4. The van der Waals surface area contributed by atoms with Crippen molar-refractivity contribution < 1.29 is 57.8 Å². The molecule has 282 valence electrons. The summed E-state index contributed by atoms with van der Waals surface area (Å²) in [7, 11) is 3.30. The van der Waals surface area contributed by atoms with Crippen molar-refractivity contribution in [1.82, 2.24) is 4.90 Å². The summed E-state index contributed by atoms with van der Waals surface area (Å²) in [6.45, 7) is 4.40. The van der Waals surface area contributed by atoms with E-state index in [1.165, 1.54) is 4.90 Å². The zero-order valence-corrected chi connectivity index (χ0v) is 29.3. The van der Waals surface area contributed by atoms with Gasteiger partial charge >= 0.3 is 12.2 Å². The van der Waals surface area contributed by atoms with Gasteiger partial charge < -0.3 is 52.9 Å². The highest BCUT2D eigenvalue weighted by atomic mass is 16.9. The molecule has 1 amide bonds. The van der Waals surface area contributed by atoms with Crippen LogP contribution in [-0.4, -0.2) is 120 Å². The Kier molecular flexibility index (Phi) is 16.3. The van der Waals surface area contributed by atoms with Crippen LogP contribution in [0.3, 0.4) is 0 Å². The minimum atomic E-state index is -1.10. The molecule has 0 saturated carbocycles. The van der Waals surface area contributed by atoms with Gasteiger partial charge in [-0.25, -0.2) is 9.59 Å². The average molecular weight is 720 g/mol. The highest BCUT2D eigenvalue weighted by Gasteiger charge is 2.41. The van der Waals surface area contributed by atoms with E-state index in [0.29, 0.717) is 45.9 Å². The first-order valence-electron chi connectivity index (χ1n) is 17.1. The number of methoxy groups -OCH3 is 2. The molecular formula is C35H49N3O13. The van der Waals surface area contributed by atoms with Gasteiger partial charge in [-0.2, -0.15) is 0 Å². The molecule has 0 aromatic heterocycles. The molecule has 2 heterocycles. The van der Waals surface area contributed by atoms with Crippen molar-refractivity contribution in [3.8, 4) is 5.75 Å². The fourth-order valence-corrected chi connectivity index (χ4v) is 6.19. The van der Waals surface area contributed by atoms with Crippen LogP contribution in [0.4, 0.5) is 15.3 Å². The molecule has 3 atom stereocenters. The van der Waals surface area contributed by atoms with E-state index < -0.39 is 29.4 Å². The molecule has 51 heavy (non-hydrogen) atoms. The minimum absolute atomic E-state index is 0.00939. The fraction of sp³-hybridized carbons (Fsp3) is 0.600. The van der Waals surface area contributed by atoms with E-state index in [2.05, 4.69) is 9.74 Å². The lowest BCUT2D eigenvalue weighted by atomic mass is 9.78. The van der Waals surface area contributed by atoms with Gasteiger partial charge in [0.05, 0.1) is 64.5 Å². The Morgan fingerprint density at radius 3 is 2.43 bits per heavy atom. The first-order valence-corrected chi connectivity index (χ1v) is 17.1. The van der Waals surface area contributed by atoms with Gasteiger partial charge in [0.25, 0.3) is 5.09 Å². The summed E-state index contributed by atoms with van der Waals surface area (Å²) in [5.41, 5.74) is 3.75. The van der Waals surface area contributed by atoms with E-state index >= 15 is 0 Å². The third kappa shape index (κ3) is 12.7. The van der Waals surface area contributed by atoms with Crippen LogP contribution in [-0.2, 0) is 46.5 Å². The van der Waals surface area contributed by atoms with Crippen molar-refractivity contribution in [3.63, 3.8) is 0 Å². The third-order valence-corrected chi connectivity index (χ3v) is 8.69. The zero-order valence-electron chi connectivity index (χ0n) is 29.3. The summed E-state index contributed by atoms with van der Waals surface area (Å²) >= 11 is 0. The smallest absolute Gasteiger partial charge is 0.490 e. The first-order chi connectivity index (χ1) is 24.8. The summed E-state index contributed by atoms with van der Waals surface area (Å²) in [4.78, 5) is 42.9. The number of carboxylic acid groups (broad SMARTS) is 1. The SMILES string of the molecule is COCCCN1CCOc2ccc(CO[C@H]3CN(C(=O)O)C[C@@H](COC(=O)OCCCCO[N+](=O)[O-])[C@@H]3c3ccc(COCCOC)cc3)cc21. The van der Waals surface area contributed by atoms with Crippen LogP contribution in [0.2, 0.25) is 0 Å². The molecule has 1 fully saturated rings. The molecule has 1 N–H and O–H groups in total. The summed E-state index contributed by atoms with van der Waals surface area (Å²) < 4.78 is 39.1. The van der Waals surface area contributed by atoms with Crippen molar-refractivity contribution in [3.05, 3.63) is 69.3 Å². The Morgan fingerprint density at radius 1 is 0.922 bits per heavy atom. The van der Waals surface area contributed by atoms with Crippen molar-refractivity contribution >= 4 is 17.9 Å². The number of fused-ring (bicyclic) bond motifs is 1. The number of hydrogen-bond donors (Lipinski definition) is 1. The molecule has 0 radical (unpaired) electrons. The lowest BCUT2D eigenvalue weighted by Crippen LogP contribution is -2.52. The van der Waals surface area contributed by atoms with Gasteiger partial charge in [0.2, 0.25) is 0 Å². The number of amides is 1. The van der Waals surface area contributed by atoms with Crippen LogP contribution in [0.1, 0.15) is 41.9 Å². The average Bonchev–Trinajstić information content (AvgIpc) is 3.13. The zero-order chi connectivity index (χ0) is 36.4. The second-order valence-electron chi connectivity index (χ2n) is 12.3. The highest BCUT2D eigenvalue weighted by molar-refractivity contribution is 5.65. The molecular weight excluding hydrogens is 670 g/mol. The van der Waals surface area contributed by atoms with Crippen LogP contribution in [0.15, 0.2) is 42.5 Å². The predicted octanol–water partition coefficient (Wildman–Crippen LogP) is 4.51. The molecule has 2 aromatic rings. The van der Waals surface area contributed by atoms with Crippen LogP contribution in [0.25, 0.3) is 0 Å². The van der Waals surface area contributed by atoms with Crippen molar-refractivity contribution in [2.45, 2.75) is 44.5 Å². The second-order valence-corrected chi connectivity index (χ2v) is 12.3. The largest absolute Gasteiger partial charge is 0.508 e. The van der Waals surface area contributed by atoms with Crippen molar-refractivity contribution in [2.24, 2.45) is 5.92 Å². The molecule has 0 unspecified atom stereocenters.